The Morgan fingerprint density at radius 2 is 2.00 bits per heavy atom. The second-order valence-corrected chi connectivity index (χ2v) is 8.20. The van der Waals surface area contributed by atoms with Gasteiger partial charge in [-0.15, -0.1) is 0 Å². The molecule has 7 nitrogen and oxygen atoms in total. The van der Waals surface area contributed by atoms with Gasteiger partial charge in [0.15, 0.2) is 0 Å². The van der Waals surface area contributed by atoms with E-state index in [0.29, 0.717) is 18.0 Å². The molecule has 0 aliphatic carbocycles. The molecule has 0 N–H and O–H groups in total. The van der Waals surface area contributed by atoms with Crippen molar-refractivity contribution in [1.82, 2.24) is 24.8 Å². The van der Waals surface area contributed by atoms with Crippen molar-refractivity contribution in [2.45, 2.75) is 57.5 Å². The second kappa shape index (κ2) is 8.24. The molecule has 0 saturated carbocycles. The minimum Gasteiger partial charge on any atom is -0.378 e. The van der Waals surface area contributed by atoms with Gasteiger partial charge in [0.05, 0.1) is 17.3 Å². The third kappa shape index (κ3) is 3.81. The summed E-state index contributed by atoms with van der Waals surface area (Å²) >= 11 is 0. The van der Waals surface area contributed by atoms with Crippen LogP contribution < -0.4 is 0 Å². The number of aryl methyl sites for hydroxylation is 1. The Hall–Kier alpha value is -2.25. The predicted molar refractivity (Wildman–Crippen MR) is 110 cm³/mol. The molecule has 5 rings (SSSR count). The highest BCUT2D eigenvalue weighted by molar-refractivity contribution is 5.83. The summed E-state index contributed by atoms with van der Waals surface area (Å²) in [5.41, 5.74) is 2.09. The molecule has 0 spiro atoms. The number of fused-ring (bicyclic) bond motifs is 1. The fourth-order valence-corrected chi connectivity index (χ4v) is 4.63. The van der Waals surface area contributed by atoms with Crippen molar-refractivity contribution in [2.24, 2.45) is 0 Å². The van der Waals surface area contributed by atoms with Gasteiger partial charge >= 0.3 is 0 Å². The SMILES string of the molecule is CCc1nn(-c2noc(C3CCN(CCC4CCCO4)CC3)n2)c2ccccc12. The Labute approximate surface area is 171 Å². The van der Waals surface area contributed by atoms with E-state index in [4.69, 9.17) is 19.3 Å². The summed E-state index contributed by atoms with van der Waals surface area (Å²) in [6.45, 7) is 6.36. The number of hydrogen-bond donors (Lipinski definition) is 0. The van der Waals surface area contributed by atoms with Crippen molar-refractivity contribution in [3.8, 4) is 5.95 Å². The maximum atomic E-state index is 5.75. The van der Waals surface area contributed by atoms with Crippen LogP contribution in [0.15, 0.2) is 28.8 Å². The Balaban J connectivity index is 1.24. The third-order valence-corrected chi connectivity index (χ3v) is 6.35. The van der Waals surface area contributed by atoms with Gasteiger partial charge in [-0.25, -0.2) is 0 Å². The Kier molecular flexibility index (Phi) is 5.33. The molecule has 1 aromatic carbocycles. The first-order valence-corrected chi connectivity index (χ1v) is 11.0. The van der Waals surface area contributed by atoms with E-state index in [1.165, 1.54) is 12.8 Å². The van der Waals surface area contributed by atoms with Crippen LogP contribution in [0.4, 0.5) is 0 Å². The molecule has 0 amide bonds. The van der Waals surface area contributed by atoms with Crippen LogP contribution in [0, 0.1) is 0 Å². The van der Waals surface area contributed by atoms with Gasteiger partial charge in [0.2, 0.25) is 5.89 Å². The van der Waals surface area contributed by atoms with Gasteiger partial charge < -0.3 is 14.2 Å². The second-order valence-electron chi connectivity index (χ2n) is 8.20. The van der Waals surface area contributed by atoms with E-state index >= 15 is 0 Å². The first-order chi connectivity index (χ1) is 14.3. The standard InChI is InChI=1S/C22H29N5O2/c1-2-19-18-7-3-4-8-20(18)27(24-19)22-23-21(29-25-22)16-9-12-26(13-10-16)14-11-17-6-5-15-28-17/h3-4,7-8,16-17H,2,5-6,9-15H2,1H3. The van der Waals surface area contributed by atoms with Crippen LogP contribution in [0.3, 0.4) is 0 Å². The molecule has 2 saturated heterocycles. The maximum absolute atomic E-state index is 5.75. The average molecular weight is 396 g/mol. The fraction of sp³-hybridized carbons (Fsp3) is 0.591. The van der Waals surface area contributed by atoms with Gasteiger partial charge in [0, 0.05) is 24.5 Å². The van der Waals surface area contributed by atoms with Crippen molar-refractivity contribution >= 4 is 10.9 Å². The number of benzene rings is 1. The van der Waals surface area contributed by atoms with Crippen LogP contribution in [0.2, 0.25) is 0 Å². The largest absolute Gasteiger partial charge is 0.378 e. The number of para-hydroxylation sites is 1. The zero-order valence-corrected chi connectivity index (χ0v) is 17.1. The molecule has 4 heterocycles. The molecular formula is C22H29N5O2. The van der Waals surface area contributed by atoms with Gasteiger partial charge in [0.1, 0.15) is 0 Å². The molecule has 3 aromatic rings. The van der Waals surface area contributed by atoms with Crippen LogP contribution in [-0.4, -0.2) is 57.2 Å². The third-order valence-electron chi connectivity index (χ3n) is 6.35. The Bertz CT molecular complexity index is 951. The number of likely N-dealkylation sites (tertiary alicyclic amines) is 1. The van der Waals surface area contributed by atoms with Crippen molar-refractivity contribution in [3.63, 3.8) is 0 Å². The molecule has 2 aliphatic heterocycles. The van der Waals surface area contributed by atoms with Crippen molar-refractivity contribution in [2.75, 3.05) is 26.2 Å². The summed E-state index contributed by atoms with van der Waals surface area (Å²) in [4.78, 5) is 7.27. The van der Waals surface area contributed by atoms with E-state index in [2.05, 4.69) is 29.1 Å². The number of piperidine rings is 1. The van der Waals surface area contributed by atoms with E-state index in [1.54, 1.807) is 0 Å². The van der Waals surface area contributed by atoms with Gasteiger partial charge in [-0.3, -0.25) is 0 Å². The number of hydrogen-bond acceptors (Lipinski definition) is 6. The molecule has 0 radical (unpaired) electrons. The lowest BCUT2D eigenvalue weighted by Gasteiger charge is -2.30. The van der Waals surface area contributed by atoms with Crippen LogP contribution >= 0.6 is 0 Å². The summed E-state index contributed by atoms with van der Waals surface area (Å²) in [7, 11) is 0. The van der Waals surface area contributed by atoms with Crippen molar-refractivity contribution in [1.29, 1.82) is 0 Å². The molecule has 2 aliphatic rings. The molecule has 2 aromatic heterocycles. The molecule has 7 heteroatoms. The molecule has 154 valence electrons. The van der Waals surface area contributed by atoms with Crippen LogP contribution in [-0.2, 0) is 11.2 Å². The zero-order valence-electron chi connectivity index (χ0n) is 17.1. The number of nitrogens with zero attached hydrogens (tertiary/aromatic N) is 5. The lowest BCUT2D eigenvalue weighted by molar-refractivity contribution is 0.0867. The summed E-state index contributed by atoms with van der Waals surface area (Å²) in [6, 6.07) is 8.23. The van der Waals surface area contributed by atoms with E-state index in [9.17, 15) is 0 Å². The summed E-state index contributed by atoms with van der Waals surface area (Å²) < 4.78 is 13.2. The zero-order chi connectivity index (χ0) is 19.6. The maximum Gasteiger partial charge on any atom is 0.291 e. The Morgan fingerprint density at radius 3 is 2.79 bits per heavy atom. The van der Waals surface area contributed by atoms with Crippen LogP contribution in [0.25, 0.3) is 16.9 Å². The summed E-state index contributed by atoms with van der Waals surface area (Å²) in [6.07, 6.45) is 7.08. The smallest absolute Gasteiger partial charge is 0.291 e. The van der Waals surface area contributed by atoms with E-state index in [-0.39, 0.29) is 0 Å². The van der Waals surface area contributed by atoms with E-state index < -0.39 is 0 Å². The first kappa shape index (κ1) is 18.8. The molecule has 29 heavy (non-hydrogen) atoms. The van der Waals surface area contributed by atoms with E-state index in [1.807, 2.05) is 16.8 Å². The predicted octanol–water partition coefficient (Wildman–Crippen LogP) is 3.72. The fourth-order valence-electron chi connectivity index (χ4n) is 4.63. The quantitative estimate of drug-likeness (QED) is 0.634. The molecular weight excluding hydrogens is 366 g/mol. The molecule has 1 atom stereocenters. The number of ether oxygens (including phenoxy) is 1. The highest BCUT2D eigenvalue weighted by Crippen LogP contribution is 2.29. The Morgan fingerprint density at radius 1 is 1.14 bits per heavy atom. The van der Waals surface area contributed by atoms with E-state index in [0.717, 1.165) is 74.4 Å². The molecule has 2 fully saturated rings. The normalized spacial score (nSPS) is 21.3. The van der Waals surface area contributed by atoms with Crippen LogP contribution in [0.5, 0.6) is 0 Å². The minimum atomic E-state index is 0.336. The lowest BCUT2D eigenvalue weighted by atomic mass is 9.96. The van der Waals surface area contributed by atoms with Gasteiger partial charge in [0.25, 0.3) is 5.95 Å². The highest BCUT2D eigenvalue weighted by atomic mass is 16.5. The number of aromatic nitrogens is 4. The molecule has 1 unspecified atom stereocenters. The molecule has 0 bridgehead atoms. The summed E-state index contributed by atoms with van der Waals surface area (Å²) in [5, 5.41) is 10.1. The highest BCUT2D eigenvalue weighted by Gasteiger charge is 2.27. The topological polar surface area (TPSA) is 69.2 Å². The van der Waals surface area contributed by atoms with Gasteiger partial charge in [-0.05, 0) is 62.8 Å². The van der Waals surface area contributed by atoms with Crippen LogP contribution in [0.1, 0.15) is 56.5 Å². The lowest BCUT2D eigenvalue weighted by Crippen LogP contribution is -2.35. The summed E-state index contributed by atoms with van der Waals surface area (Å²) in [5.74, 6) is 1.62. The van der Waals surface area contributed by atoms with Gasteiger partial charge in [-0.2, -0.15) is 14.8 Å². The monoisotopic (exact) mass is 395 g/mol. The minimum absolute atomic E-state index is 0.336. The average Bonchev–Trinajstić information content (AvgIpc) is 3.52. The van der Waals surface area contributed by atoms with Crippen molar-refractivity contribution < 1.29 is 9.26 Å². The first-order valence-electron chi connectivity index (χ1n) is 11.0. The number of rotatable bonds is 6. The van der Waals surface area contributed by atoms with Crippen molar-refractivity contribution in [3.05, 3.63) is 35.9 Å². The van der Waals surface area contributed by atoms with Gasteiger partial charge in [-0.1, -0.05) is 25.1 Å².